The molecule has 1 amide bonds. The fourth-order valence-corrected chi connectivity index (χ4v) is 6.95. The minimum atomic E-state index is -4.64. The molecule has 2 saturated heterocycles. The van der Waals surface area contributed by atoms with Gasteiger partial charge in [-0.3, -0.25) is 9.59 Å². The van der Waals surface area contributed by atoms with Crippen LogP contribution in [0.3, 0.4) is 0 Å². The number of carbonyl (C=O) groups excluding carboxylic acids is 1. The van der Waals surface area contributed by atoms with Crippen LogP contribution in [0.2, 0.25) is 0 Å². The average Bonchev–Trinajstić information content (AvgIpc) is 3.21. The van der Waals surface area contributed by atoms with Crippen LogP contribution in [0.5, 0.6) is 11.5 Å². The highest BCUT2D eigenvalue weighted by molar-refractivity contribution is 7.45. The number of nitrogen functional groups attached to an aromatic ring is 1. The minimum absolute atomic E-state index is 0. The number of rotatable bonds is 11. The van der Waals surface area contributed by atoms with Crippen LogP contribution in [-0.2, 0) is 25.3 Å². The zero-order valence-electron chi connectivity index (χ0n) is 32.7. The molecule has 17 heteroatoms. The highest BCUT2D eigenvalue weighted by atomic mass is 31.2. The van der Waals surface area contributed by atoms with E-state index in [-0.39, 0.29) is 17.1 Å². The number of carbonyl (C=O) groups is 1. The van der Waals surface area contributed by atoms with Gasteiger partial charge in [0.15, 0.2) is 11.5 Å². The number of amides is 1. The zero-order valence-corrected chi connectivity index (χ0v) is 33.6. The number of methoxy groups -OCH3 is 1. The number of nitrogens with zero attached hydrogens (tertiary/aromatic N) is 2. The maximum atomic E-state index is 14.0. The Morgan fingerprint density at radius 3 is 2.12 bits per heavy atom. The van der Waals surface area contributed by atoms with Crippen molar-refractivity contribution in [2.75, 3.05) is 52.5 Å². The Balaban J connectivity index is 0.00000104. The number of ether oxygens (including phenoxy) is 5. The topological polar surface area (TPSA) is 259 Å². The Kier molecular flexibility index (Phi) is 15.2. The molecule has 0 saturated carbocycles. The molecule has 16 nitrogen and oxygen atoms in total. The molecule has 59 heavy (non-hydrogen) atoms. The van der Waals surface area contributed by atoms with Gasteiger partial charge < -0.3 is 59.9 Å². The Morgan fingerprint density at radius 2 is 1.49 bits per heavy atom. The van der Waals surface area contributed by atoms with Gasteiger partial charge in [-0.25, -0.2) is 9.55 Å². The molecule has 2 aliphatic heterocycles. The Hall–Kier alpha value is -5.42. The van der Waals surface area contributed by atoms with E-state index in [9.17, 15) is 9.59 Å². The van der Waals surface area contributed by atoms with E-state index >= 15 is 0 Å². The number of aromatic nitrogens is 2. The summed E-state index contributed by atoms with van der Waals surface area (Å²) in [6.45, 7) is 5.92. The predicted octanol–water partition coefficient (Wildman–Crippen LogP) is 4.38. The van der Waals surface area contributed by atoms with E-state index < -0.39 is 19.2 Å². The first-order chi connectivity index (χ1) is 27.8. The molecule has 2 aliphatic rings. The van der Waals surface area contributed by atoms with Crippen LogP contribution in [0.1, 0.15) is 28.8 Å². The van der Waals surface area contributed by atoms with E-state index in [1.807, 2.05) is 90.5 Å². The number of anilines is 1. The summed E-state index contributed by atoms with van der Waals surface area (Å²) in [5, 5.41) is 0. The number of hydrogen-bond donors (Lipinski definition) is 5. The average molecular weight is 833 g/mol. The van der Waals surface area contributed by atoms with E-state index in [2.05, 4.69) is 4.98 Å². The SMILES string of the molecule is COc1cc(-c2cnc(N)c(-c3ccc(-c4c(C(N)=O)c(=O)c(-c5ccc(C)cc5)cn4CC4CCOCC4)cc3)c2)ccc1OC[C@H]1COCCO1.O.O=P(O)(O)O. The van der Waals surface area contributed by atoms with Crippen LogP contribution >= 0.6 is 7.82 Å². The zero-order chi connectivity index (χ0) is 41.4. The molecule has 1 atom stereocenters. The van der Waals surface area contributed by atoms with E-state index in [1.54, 1.807) is 13.3 Å². The lowest BCUT2D eigenvalue weighted by atomic mass is 9.94. The molecule has 4 heterocycles. The fourth-order valence-electron chi connectivity index (χ4n) is 6.95. The third kappa shape index (κ3) is 11.6. The first kappa shape index (κ1) is 44.7. The molecule has 314 valence electrons. The lowest BCUT2D eigenvalue weighted by Gasteiger charge is -2.26. The molecule has 2 aromatic heterocycles. The second kappa shape index (κ2) is 20.0. The number of aryl methyl sites for hydroxylation is 1. The Morgan fingerprint density at radius 1 is 0.864 bits per heavy atom. The normalized spacial score (nSPS) is 15.6. The van der Waals surface area contributed by atoms with E-state index in [0.29, 0.717) is 86.2 Å². The van der Waals surface area contributed by atoms with Gasteiger partial charge in [-0.05, 0) is 66.1 Å². The lowest BCUT2D eigenvalue weighted by molar-refractivity contribution is -0.101. The fraction of sp³-hybridized carbons (Fsp3) is 0.310. The van der Waals surface area contributed by atoms with Gasteiger partial charge in [0.25, 0.3) is 5.91 Å². The molecule has 3 aromatic carbocycles. The Labute approximate surface area is 340 Å². The van der Waals surface area contributed by atoms with Crippen LogP contribution < -0.4 is 26.4 Å². The number of primary amides is 1. The summed E-state index contributed by atoms with van der Waals surface area (Å²) in [5.41, 5.74) is 18.7. The molecule has 0 radical (unpaired) electrons. The summed E-state index contributed by atoms with van der Waals surface area (Å²) >= 11 is 0. The number of phosphoric acid groups is 1. The molecule has 9 N–H and O–H groups in total. The van der Waals surface area contributed by atoms with Crippen molar-refractivity contribution in [2.45, 2.75) is 32.4 Å². The smallest absolute Gasteiger partial charge is 0.466 e. The third-order valence-electron chi connectivity index (χ3n) is 9.88. The molecular formula is C42H49N4O12P. The van der Waals surface area contributed by atoms with Gasteiger partial charge in [0.1, 0.15) is 24.1 Å². The number of nitrogens with two attached hydrogens (primary N) is 2. The molecule has 0 aliphatic carbocycles. The second-order valence-corrected chi connectivity index (χ2v) is 15.1. The summed E-state index contributed by atoms with van der Waals surface area (Å²) in [6, 6.07) is 23.0. The summed E-state index contributed by atoms with van der Waals surface area (Å²) in [7, 11) is -3.04. The Bertz CT molecular complexity index is 2310. The van der Waals surface area contributed by atoms with Crippen molar-refractivity contribution < 1.29 is 53.2 Å². The van der Waals surface area contributed by atoms with Crippen molar-refractivity contribution in [2.24, 2.45) is 11.7 Å². The van der Waals surface area contributed by atoms with Gasteiger partial charge in [-0.2, -0.15) is 0 Å². The number of pyridine rings is 2. The standard InChI is InChI=1S/C42H44N4O7.H3O4P.H2O/c1-26-3-5-29(6-4-26)35-23-46(22-27-13-15-50-16-14-27)39(38(40(35)47)42(44)48)30-9-7-28(8-10-30)34-19-32(21-45-41(34)43)31-11-12-36(37(20-31)49-2)53-25-33-24-51-17-18-52-33;1-5(2,3)4;/h3-12,19-21,23,27,33H,13-18,22,24-25H2,1-2H3,(H2,43,45)(H2,44,48);(H3,1,2,3,4);1H2/t33-;;/m1../s1. The van der Waals surface area contributed by atoms with Gasteiger partial charge in [-0.15, -0.1) is 0 Å². The number of benzene rings is 3. The van der Waals surface area contributed by atoms with Crippen LogP contribution in [-0.4, -0.2) is 88.5 Å². The van der Waals surface area contributed by atoms with Crippen molar-refractivity contribution in [3.63, 3.8) is 0 Å². The molecular weight excluding hydrogens is 783 g/mol. The lowest BCUT2D eigenvalue weighted by Crippen LogP contribution is -2.33. The van der Waals surface area contributed by atoms with Gasteiger partial charge >= 0.3 is 7.82 Å². The first-order valence-corrected chi connectivity index (χ1v) is 20.2. The van der Waals surface area contributed by atoms with Crippen molar-refractivity contribution in [1.82, 2.24) is 9.55 Å². The summed E-state index contributed by atoms with van der Waals surface area (Å²) < 4.78 is 39.4. The van der Waals surface area contributed by atoms with E-state index in [0.717, 1.165) is 46.2 Å². The molecule has 0 unspecified atom stereocenters. The summed E-state index contributed by atoms with van der Waals surface area (Å²) in [4.78, 5) is 53.2. The van der Waals surface area contributed by atoms with Crippen molar-refractivity contribution in [3.05, 3.63) is 107 Å². The predicted molar refractivity (Wildman–Crippen MR) is 222 cm³/mol. The quantitative estimate of drug-likeness (QED) is 0.116. The third-order valence-corrected chi connectivity index (χ3v) is 9.88. The second-order valence-electron chi connectivity index (χ2n) is 14.0. The molecule has 0 spiro atoms. The largest absolute Gasteiger partial charge is 0.493 e. The monoisotopic (exact) mass is 832 g/mol. The first-order valence-electron chi connectivity index (χ1n) is 18.7. The van der Waals surface area contributed by atoms with Gasteiger partial charge in [0, 0.05) is 48.8 Å². The molecule has 0 bridgehead atoms. The van der Waals surface area contributed by atoms with Gasteiger partial charge in [0.2, 0.25) is 5.43 Å². The summed E-state index contributed by atoms with van der Waals surface area (Å²) in [5.74, 6) is 1.08. The number of hydrogen-bond acceptors (Lipinski definition) is 10. The highest BCUT2D eigenvalue weighted by Crippen LogP contribution is 2.37. The maximum Gasteiger partial charge on any atom is 0.466 e. The van der Waals surface area contributed by atoms with Crippen LogP contribution in [0.4, 0.5) is 5.82 Å². The van der Waals surface area contributed by atoms with Crippen LogP contribution in [0.15, 0.2) is 90.0 Å². The van der Waals surface area contributed by atoms with Crippen LogP contribution in [0.25, 0.3) is 44.6 Å². The van der Waals surface area contributed by atoms with Crippen LogP contribution in [0, 0.1) is 12.8 Å². The molecule has 7 rings (SSSR count). The minimum Gasteiger partial charge on any atom is -0.493 e. The van der Waals surface area contributed by atoms with Crippen molar-refractivity contribution in [1.29, 1.82) is 0 Å². The maximum absolute atomic E-state index is 14.0. The van der Waals surface area contributed by atoms with Gasteiger partial charge in [-0.1, -0.05) is 60.2 Å². The van der Waals surface area contributed by atoms with Gasteiger partial charge in [0.05, 0.1) is 32.6 Å². The molecule has 2 fully saturated rings. The summed E-state index contributed by atoms with van der Waals surface area (Å²) in [6.07, 6.45) is 5.21. The van der Waals surface area contributed by atoms with Crippen molar-refractivity contribution in [3.8, 4) is 56.1 Å². The van der Waals surface area contributed by atoms with E-state index in [4.69, 9.17) is 54.4 Å². The highest BCUT2D eigenvalue weighted by Gasteiger charge is 2.25. The van der Waals surface area contributed by atoms with E-state index in [1.165, 1.54) is 0 Å². The van der Waals surface area contributed by atoms with Crippen molar-refractivity contribution >= 4 is 19.5 Å². The molecule has 5 aromatic rings.